The van der Waals surface area contributed by atoms with Crippen LogP contribution in [-0.4, -0.2) is 17.6 Å². The van der Waals surface area contributed by atoms with Crippen LogP contribution in [0.3, 0.4) is 0 Å². The Morgan fingerprint density at radius 2 is 1.41 bits per heavy atom. The molecular formula is C24H25N3O3S2. The Morgan fingerprint density at radius 3 is 2.06 bits per heavy atom. The molecule has 0 atom stereocenters. The highest BCUT2D eigenvalue weighted by molar-refractivity contribution is 7.99. The summed E-state index contributed by atoms with van der Waals surface area (Å²) in [6.45, 7) is 5.66. The van der Waals surface area contributed by atoms with E-state index in [0.717, 1.165) is 26.4 Å². The van der Waals surface area contributed by atoms with Crippen LogP contribution in [0.25, 0.3) is 11.0 Å². The first-order valence-electron chi connectivity index (χ1n) is 10.1. The van der Waals surface area contributed by atoms with Crippen LogP contribution in [0, 0.1) is 20.8 Å². The van der Waals surface area contributed by atoms with Gasteiger partial charge in [-0.1, -0.05) is 41.6 Å². The number of aromatic nitrogens is 2. The zero-order valence-electron chi connectivity index (χ0n) is 18.6. The Hall–Kier alpha value is -2.97. The average Bonchev–Trinajstić information content (AvgIpc) is 2.95. The van der Waals surface area contributed by atoms with Gasteiger partial charge in [-0.15, -0.1) is 0 Å². The van der Waals surface area contributed by atoms with Crippen molar-refractivity contribution in [1.29, 1.82) is 0 Å². The molecular weight excluding hydrogens is 442 g/mol. The average molecular weight is 468 g/mol. The largest absolute Gasteiger partial charge is 0.328 e. The van der Waals surface area contributed by atoms with E-state index >= 15 is 0 Å². The third kappa shape index (κ3) is 4.08. The minimum atomic E-state index is -3.83. The van der Waals surface area contributed by atoms with Crippen molar-refractivity contribution in [3.05, 3.63) is 81.8 Å². The van der Waals surface area contributed by atoms with Crippen molar-refractivity contribution in [1.82, 2.24) is 9.13 Å². The molecule has 1 aromatic heterocycles. The number of fused-ring (bicyclic) bond motifs is 1. The summed E-state index contributed by atoms with van der Waals surface area (Å²) in [4.78, 5) is 14.4. The molecule has 166 valence electrons. The molecule has 4 rings (SSSR count). The van der Waals surface area contributed by atoms with Gasteiger partial charge in [0.25, 0.3) is 10.0 Å². The predicted molar refractivity (Wildman–Crippen MR) is 130 cm³/mol. The van der Waals surface area contributed by atoms with Gasteiger partial charge in [0.1, 0.15) is 0 Å². The number of nitrogens with zero attached hydrogens (tertiary/aromatic N) is 2. The maximum Gasteiger partial charge on any atom is 0.328 e. The number of sulfonamides is 1. The van der Waals surface area contributed by atoms with Crippen LogP contribution in [0.1, 0.15) is 16.7 Å². The minimum Gasteiger partial charge on any atom is -0.295 e. The van der Waals surface area contributed by atoms with Crippen LogP contribution >= 0.6 is 11.8 Å². The summed E-state index contributed by atoms with van der Waals surface area (Å²) >= 11 is 1.45. The monoisotopic (exact) mass is 467 g/mol. The number of nitrogens with one attached hydrogen (secondary N) is 1. The van der Waals surface area contributed by atoms with Crippen molar-refractivity contribution in [3.63, 3.8) is 0 Å². The van der Waals surface area contributed by atoms with E-state index in [9.17, 15) is 13.2 Å². The molecule has 0 aliphatic rings. The molecule has 0 spiro atoms. The van der Waals surface area contributed by atoms with E-state index in [1.165, 1.54) is 16.3 Å². The number of benzene rings is 3. The van der Waals surface area contributed by atoms with Crippen molar-refractivity contribution >= 4 is 38.5 Å². The molecule has 0 radical (unpaired) electrons. The van der Waals surface area contributed by atoms with E-state index in [2.05, 4.69) is 4.72 Å². The highest BCUT2D eigenvalue weighted by Gasteiger charge is 2.21. The molecule has 0 bridgehead atoms. The number of hydrogen-bond acceptors (Lipinski definition) is 4. The molecule has 0 amide bonds. The standard InChI is InChI=1S/C24H25N3O3S2/c1-15-7-10-18(11-8-15)31-22-14-21-20(26(4)24(28)27(21)5)13-19(22)25-32(29,30)23-12-16(2)6-9-17(23)3/h6-14,25H,1-5H3. The van der Waals surface area contributed by atoms with Crippen molar-refractivity contribution in [2.24, 2.45) is 14.1 Å². The summed E-state index contributed by atoms with van der Waals surface area (Å²) in [6.07, 6.45) is 0. The summed E-state index contributed by atoms with van der Waals surface area (Å²) < 4.78 is 32.5. The lowest BCUT2D eigenvalue weighted by molar-refractivity contribution is 0.600. The zero-order chi connectivity index (χ0) is 23.2. The molecule has 3 aromatic carbocycles. The lowest BCUT2D eigenvalue weighted by atomic mass is 10.2. The number of aryl methyl sites for hydroxylation is 5. The van der Waals surface area contributed by atoms with Crippen LogP contribution in [0.5, 0.6) is 0 Å². The molecule has 6 nitrogen and oxygen atoms in total. The van der Waals surface area contributed by atoms with E-state index in [-0.39, 0.29) is 10.6 Å². The predicted octanol–water partition coefficient (Wildman–Crippen LogP) is 4.75. The van der Waals surface area contributed by atoms with Gasteiger partial charge in [-0.3, -0.25) is 13.9 Å². The first-order valence-corrected chi connectivity index (χ1v) is 12.4. The quantitative estimate of drug-likeness (QED) is 0.460. The van der Waals surface area contributed by atoms with Crippen LogP contribution in [0.15, 0.2) is 74.1 Å². The van der Waals surface area contributed by atoms with Crippen LogP contribution in [-0.2, 0) is 24.1 Å². The van der Waals surface area contributed by atoms with Gasteiger partial charge in [0.05, 0.1) is 21.6 Å². The molecule has 0 saturated carbocycles. The van der Waals surface area contributed by atoms with E-state index < -0.39 is 10.0 Å². The van der Waals surface area contributed by atoms with Crippen LogP contribution in [0.2, 0.25) is 0 Å². The number of imidazole rings is 1. The summed E-state index contributed by atoms with van der Waals surface area (Å²) in [5, 5.41) is 0. The number of anilines is 1. The smallest absolute Gasteiger partial charge is 0.295 e. The first kappa shape index (κ1) is 22.2. The summed E-state index contributed by atoms with van der Waals surface area (Å²) in [7, 11) is -0.436. The first-order chi connectivity index (χ1) is 15.1. The Bertz CT molecular complexity index is 1500. The summed E-state index contributed by atoms with van der Waals surface area (Å²) in [5.41, 5.74) is 4.35. The Balaban J connectivity index is 1.87. The molecule has 1 heterocycles. The van der Waals surface area contributed by atoms with Gasteiger partial charge in [-0.25, -0.2) is 13.2 Å². The van der Waals surface area contributed by atoms with Gasteiger partial charge in [-0.2, -0.15) is 0 Å². The Kier molecular flexibility index (Phi) is 5.68. The molecule has 4 aromatic rings. The van der Waals surface area contributed by atoms with Gasteiger partial charge in [0, 0.05) is 23.9 Å². The second-order valence-corrected chi connectivity index (χ2v) is 10.8. The third-order valence-corrected chi connectivity index (χ3v) is 8.07. The van der Waals surface area contributed by atoms with Crippen molar-refractivity contribution in [2.75, 3.05) is 4.72 Å². The lowest BCUT2D eigenvalue weighted by Gasteiger charge is -2.15. The molecule has 0 aliphatic carbocycles. The Labute approximate surface area is 191 Å². The van der Waals surface area contributed by atoms with Gasteiger partial charge in [0.2, 0.25) is 0 Å². The number of hydrogen-bond donors (Lipinski definition) is 1. The molecule has 0 saturated heterocycles. The fraction of sp³-hybridized carbons (Fsp3) is 0.208. The molecule has 0 unspecified atom stereocenters. The minimum absolute atomic E-state index is 0.166. The summed E-state index contributed by atoms with van der Waals surface area (Å²) in [6, 6.07) is 17.0. The fourth-order valence-electron chi connectivity index (χ4n) is 3.62. The molecule has 8 heteroatoms. The molecule has 32 heavy (non-hydrogen) atoms. The second kappa shape index (κ2) is 8.18. The van der Waals surface area contributed by atoms with Gasteiger partial charge >= 0.3 is 5.69 Å². The molecule has 0 fully saturated rings. The van der Waals surface area contributed by atoms with E-state index in [0.29, 0.717) is 16.8 Å². The fourth-order valence-corrected chi connectivity index (χ4v) is 6.00. The van der Waals surface area contributed by atoms with Crippen LogP contribution < -0.4 is 10.4 Å². The van der Waals surface area contributed by atoms with Crippen molar-refractivity contribution in [2.45, 2.75) is 35.5 Å². The highest BCUT2D eigenvalue weighted by atomic mass is 32.2. The second-order valence-electron chi connectivity index (χ2n) is 8.03. The van der Waals surface area contributed by atoms with Crippen molar-refractivity contribution < 1.29 is 8.42 Å². The zero-order valence-corrected chi connectivity index (χ0v) is 20.3. The topological polar surface area (TPSA) is 73.1 Å². The van der Waals surface area contributed by atoms with Crippen LogP contribution in [0.4, 0.5) is 5.69 Å². The molecule has 1 N–H and O–H groups in total. The van der Waals surface area contributed by atoms with E-state index in [1.54, 1.807) is 43.8 Å². The lowest BCUT2D eigenvalue weighted by Crippen LogP contribution is -2.19. The van der Waals surface area contributed by atoms with Gasteiger partial charge in [-0.05, 0) is 62.2 Å². The number of rotatable bonds is 5. The van der Waals surface area contributed by atoms with Crippen molar-refractivity contribution in [3.8, 4) is 0 Å². The van der Waals surface area contributed by atoms with E-state index in [4.69, 9.17) is 0 Å². The highest BCUT2D eigenvalue weighted by Crippen LogP contribution is 2.37. The Morgan fingerprint density at radius 1 is 0.812 bits per heavy atom. The summed E-state index contributed by atoms with van der Waals surface area (Å²) in [5.74, 6) is 0. The maximum atomic E-state index is 13.3. The molecule has 0 aliphatic heterocycles. The normalized spacial score (nSPS) is 11.8. The SMILES string of the molecule is Cc1ccc(Sc2cc3c(cc2NS(=O)(=O)c2cc(C)ccc2C)n(C)c(=O)n3C)cc1. The maximum absolute atomic E-state index is 13.3. The van der Waals surface area contributed by atoms with Gasteiger partial charge in [0.15, 0.2) is 0 Å². The van der Waals surface area contributed by atoms with Gasteiger partial charge < -0.3 is 0 Å². The van der Waals surface area contributed by atoms with E-state index in [1.807, 2.05) is 50.2 Å². The third-order valence-electron chi connectivity index (χ3n) is 5.50.